The van der Waals surface area contributed by atoms with Gasteiger partial charge in [0.1, 0.15) is 6.04 Å². The third-order valence-corrected chi connectivity index (χ3v) is 2.34. The quantitative estimate of drug-likeness (QED) is 0.501. The number of amides is 2. The monoisotopic (exact) mass is 285 g/mol. The predicted octanol–water partition coefficient (Wildman–Crippen LogP) is -0.899. The molecule has 0 heterocycles. The molecule has 0 spiro atoms. The fourth-order valence-electron chi connectivity index (χ4n) is 0.981. The van der Waals surface area contributed by atoms with Gasteiger partial charge in [-0.3, -0.25) is 9.59 Å². The van der Waals surface area contributed by atoms with E-state index in [1.807, 2.05) is 0 Å². The first-order valence-electron chi connectivity index (χ1n) is 5.07. The molecule has 1 unspecified atom stereocenters. The summed E-state index contributed by atoms with van der Waals surface area (Å²) in [6, 6.07) is -1.68. The first-order valence-corrected chi connectivity index (χ1v) is 5.07. The van der Waals surface area contributed by atoms with Crippen LogP contribution in [0.1, 0.15) is 19.8 Å². The van der Waals surface area contributed by atoms with Gasteiger partial charge in [-0.15, -0.1) is 0 Å². The number of nitrogens with one attached hydrogen (secondary N) is 1. The zero-order valence-electron chi connectivity index (χ0n) is 9.95. The fraction of sp³-hybridized carbons (Fsp3) is 0.667. The lowest BCUT2D eigenvalue weighted by atomic mass is 10.0. The molecule has 7 nitrogen and oxygen atoms in total. The second kappa shape index (κ2) is 5.87. The first-order chi connectivity index (χ1) is 8.39. The summed E-state index contributed by atoms with van der Waals surface area (Å²) in [5.41, 5.74) is 6.37. The number of carbonyl (C=O) groups excluding carboxylic acids is 2. The molecule has 2 atom stereocenters. The van der Waals surface area contributed by atoms with Crippen molar-refractivity contribution in [3.63, 3.8) is 0 Å². The molecule has 0 aromatic heterocycles. The number of halogens is 3. The van der Waals surface area contributed by atoms with Crippen LogP contribution < -0.4 is 16.8 Å². The average molecular weight is 285 g/mol. The molecule has 0 aliphatic carbocycles. The number of carboxylic acid groups (broad SMARTS) is 1. The molecule has 0 rings (SSSR count). The molecule has 6 N–H and O–H groups in total. The van der Waals surface area contributed by atoms with Crippen molar-refractivity contribution in [1.29, 1.82) is 0 Å². The van der Waals surface area contributed by atoms with Gasteiger partial charge in [0, 0.05) is 6.42 Å². The SMILES string of the molecule is CC(N)(C(=O)N[C@H](CCC(N)=O)C(=O)O)C(F)(F)F. The van der Waals surface area contributed by atoms with Gasteiger partial charge in [0.2, 0.25) is 11.8 Å². The number of nitrogens with two attached hydrogens (primary N) is 2. The van der Waals surface area contributed by atoms with E-state index in [0.717, 1.165) is 0 Å². The highest BCUT2D eigenvalue weighted by molar-refractivity contribution is 5.90. The molecule has 0 fully saturated rings. The molecule has 0 aromatic carbocycles. The molecule has 0 aliphatic heterocycles. The van der Waals surface area contributed by atoms with Crippen molar-refractivity contribution in [2.24, 2.45) is 11.5 Å². The minimum atomic E-state index is -5.04. The summed E-state index contributed by atoms with van der Waals surface area (Å²) in [6.07, 6.45) is -5.86. The third kappa shape index (κ3) is 4.73. The summed E-state index contributed by atoms with van der Waals surface area (Å²) < 4.78 is 37.3. The highest BCUT2D eigenvalue weighted by Crippen LogP contribution is 2.28. The van der Waals surface area contributed by atoms with Gasteiger partial charge in [0.25, 0.3) is 0 Å². The Bertz CT molecular complexity index is 381. The van der Waals surface area contributed by atoms with E-state index >= 15 is 0 Å². The Morgan fingerprint density at radius 3 is 2.11 bits per heavy atom. The molecule has 0 bridgehead atoms. The Morgan fingerprint density at radius 1 is 1.32 bits per heavy atom. The molecule has 0 radical (unpaired) electrons. The Balaban J connectivity index is 4.82. The molecule has 0 aliphatic rings. The van der Waals surface area contributed by atoms with Crippen molar-refractivity contribution in [2.45, 2.75) is 37.5 Å². The average Bonchev–Trinajstić information content (AvgIpc) is 2.21. The van der Waals surface area contributed by atoms with Gasteiger partial charge in [-0.25, -0.2) is 4.79 Å². The predicted molar refractivity (Wildman–Crippen MR) is 56.6 cm³/mol. The second-order valence-corrected chi connectivity index (χ2v) is 4.07. The van der Waals surface area contributed by atoms with Crippen molar-refractivity contribution < 1.29 is 32.7 Å². The van der Waals surface area contributed by atoms with Gasteiger partial charge >= 0.3 is 12.1 Å². The van der Waals surface area contributed by atoms with E-state index in [2.05, 4.69) is 0 Å². The number of aliphatic carboxylic acids is 1. The maximum Gasteiger partial charge on any atom is 0.415 e. The minimum Gasteiger partial charge on any atom is -0.480 e. The Labute approximate surface area is 106 Å². The van der Waals surface area contributed by atoms with Gasteiger partial charge in [0.05, 0.1) is 0 Å². The molecule has 0 aromatic rings. The van der Waals surface area contributed by atoms with Gasteiger partial charge in [-0.2, -0.15) is 13.2 Å². The van der Waals surface area contributed by atoms with Crippen molar-refractivity contribution in [3.05, 3.63) is 0 Å². The summed E-state index contributed by atoms with van der Waals surface area (Å²) in [5, 5.41) is 10.3. The summed E-state index contributed by atoms with van der Waals surface area (Å²) >= 11 is 0. The molecule has 0 saturated heterocycles. The van der Waals surface area contributed by atoms with E-state index < -0.39 is 48.4 Å². The fourth-order valence-corrected chi connectivity index (χ4v) is 0.981. The summed E-state index contributed by atoms with van der Waals surface area (Å²) in [4.78, 5) is 32.6. The van der Waals surface area contributed by atoms with Crippen molar-refractivity contribution >= 4 is 17.8 Å². The molecular weight excluding hydrogens is 271 g/mol. The van der Waals surface area contributed by atoms with E-state index in [9.17, 15) is 27.6 Å². The number of primary amides is 1. The minimum absolute atomic E-state index is 0.398. The van der Waals surface area contributed by atoms with Crippen LogP contribution in [0.3, 0.4) is 0 Å². The molecule has 2 amide bonds. The number of hydrogen-bond donors (Lipinski definition) is 4. The van der Waals surface area contributed by atoms with Crippen molar-refractivity contribution in [1.82, 2.24) is 5.32 Å². The molecule has 0 saturated carbocycles. The highest BCUT2D eigenvalue weighted by atomic mass is 19.4. The van der Waals surface area contributed by atoms with Crippen LogP contribution in [0.4, 0.5) is 13.2 Å². The summed E-state index contributed by atoms with van der Waals surface area (Å²) in [6.45, 7) is 0.412. The number of rotatable bonds is 6. The molecule has 110 valence electrons. The lowest BCUT2D eigenvalue weighted by Crippen LogP contribution is -2.63. The Hall–Kier alpha value is -1.84. The Kier molecular flexibility index (Phi) is 5.30. The summed E-state index contributed by atoms with van der Waals surface area (Å²) in [5.74, 6) is -4.13. The standard InChI is InChI=1S/C9H14F3N3O4/c1-8(14,9(10,11)12)7(19)15-4(6(17)18)2-3-5(13)16/h4H,2-3,14H2,1H3,(H2,13,16)(H,15,19)(H,17,18)/t4-,8?/m1/s1. The maximum atomic E-state index is 12.4. The van der Waals surface area contributed by atoms with Gasteiger partial charge in [0.15, 0.2) is 5.54 Å². The molecular formula is C9H14F3N3O4. The second-order valence-electron chi connectivity index (χ2n) is 4.07. The van der Waals surface area contributed by atoms with Gasteiger partial charge in [-0.05, 0) is 13.3 Å². The van der Waals surface area contributed by atoms with Crippen LogP contribution in [-0.4, -0.2) is 40.6 Å². The Morgan fingerprint density at radius 2 is 1.79 bits per heavy atom. The van der Waals surface area contributed by atoms with Crippen LogP contribution >= 0.6 is 0 Å². The first kappa shape index (κ1) is 17.2. The largest absolute Gasteiger partial charge is 0.480 e. The van der Waals surface area contributed by atoms with Gasteiger partial charge in [-0.1, -0.05) is 0 Å². The smallest absolute Gasteiger partial charge is 0.415 e. The number of alkyl halides is 3. The topological polar surface area (TPSA) is 136 Å². The van der Waals surface area contributed by atoms with Crippen LogP contribution in [0.25, 0.3) is 0 Å². The third-order valence-electron chi connectivity index (χ3n) is 2.34. The number of carboxylic acids is 1. The van der Waals surface area contributed by atoms with Crippen molar-refractivity contribution in [2.75, 3.05) is 0 Å². The van der Waals surface area contributed by atoms with Crippen LogP contribution in [0.15, 0.2) is 0 Å². The molecule has 19 heavy (non-hydrogen) atoms. The maximum absolute atomic E-state index is 12.4. The summed E-state index contributed by atoms with van der Waals surface area (Å²) in [7, 11) is 0. The lowest BCUT2D eigenvalue weighted by Gasteiger charge is -2.27. The lowest BCUT2D eigenvalue weighted by molar-refractivity contribution is -0.188. The normalized spacial score (nSPS) is 16.3. The zero-order chi connectivity index (χ0) is 15.4. The van der Waals surface area contributed by atoms with Gasteiger partial charge < -0.3 is 21.9 Å². The van der Waals surface area contributed by atoms with E-state index in [0.29, 0.717) is 6.92 Å². The van der Waals surface area contributed by atoms with Crippen LogP contribution in [0.2, 0.25) is 0 Å². The highest BCUT2D eigenvalue weighted by Gasteiger charge is 2.54. The van der Waals surface area contributed by atoms with E-state index in [-0.39, 0.29) is 0 Å². The zero-order valence-corrected chi connectivity index (χ0v) is 9.95. The van der Waals surface area contributed by atoms with Crippen LogP contribution in [0, 0.1) is 0 Å². The van der Waals surface area contributed by atoms with E-state index in [1.165, 1.54) is 0 Å². The van der Waals surface area contributed by atoms with E-state index in [4.69, 9.17) is 16.6 Å². The molecule has 10 heteroatoms. The van der Waals surface area contributed by atoms with Crippen LogP contribution in [0.5, 0.6) is 0 Å². The van der Waals surface area contributed by atoms with Crippen molar-refractivity contribution in [3.8, 4) is 0 Å². The number of hydrogen-bond acceptors (Lipinski definition) is 4. The van der Waals surface area contributed by atoms with Crippen LogP contribution in [-0.2, 0) is 14.4 Å². The van der Waals surface area contributed by atoms with E-state index in [1.54, 1.807) is 5.32 Å². The number of carbonyl (C=O) groups is 3.